The number of amides is 1. The summed E-state index contributed by atoms with van der Waals surface area (Å²) < 4.78 is 7.83. The van der Waals surface area contributed by atoms with Crippen LogP contribution in [0.5, 0.6) is 5.75 Å². The van der Waals surface area contributed by atoms with Crippen molar-refractivity contribution in [2.24, 2.45) is 7.05 Å². The van der Waals surface area contributed by atoms with E-state index >= 15 is 0 Å². The maximum Gasteiger partial charge on any atom is 0.255 e. The Labute approximate surface area is 126 Å². The molecule has 1 aromatic heterocycles. The van der Waals surface area contributed by atoms with E-state index in [2.05, 4.69) is 26.3 Å². The second-order valence-electron chi connectivity index (χ2n) is 4.33. The van der Waals surface area contributed by atoms with Crippen molar-refractivity contribution in [3.8, 4) is 5.75 Å². The van der Waals surface area contributed by atoms with E-state index < -0.39 is 0 Å². The first-order valence-corrected chi connectivity index (χ1v) is 6.99. The molecule has 0 saturated heterocycles. The fraction of sp³-hybridized carbons (Fsp3) is 0.286. The lowest BCUT2D eigenvalue weighted by atomic mass is 10.2. The molecule has 1 aromatic carbocycles. The SMILES string of the molecule is COc1cc(Br)ccc1C(=O)NCCc1ccn(C)n1. The molecule has 0 aliphatic rings. The summed E-state index contributed by atoms with van der Waals surface area (Å²) in [5, 5.41) is 7.13. The topological polar surface area (TPSA) is 56.1 Å². The van der Waals surface area contributed by atoms with Gasteiger partial charge in [-0.3, -0.25) is 9.48 Å². The lowest BCUT2D eigenvalue weighted by molar-refractivity contribution is 0.0951. The molecule has 0 fully saturated rings. The Morgan fingerprint density at radius 1 is 1.45 bits per heavy atom. The van der Waals surface area contributed by atoms with Crippen LogP contribution in [0.25, 0.3) is 0 Å². The van der Waals surface area contributed by atoms with E-state index in [1.165, 1.54) is 0 Å². The molecular formula is C14H16BrN3O2. The number of hydrogen-bond acceptors (Lipinski definition) is 3. The maximum atomic E-state index is 12.1. The summed E-state index contributed by atoms with van der Waals surface area (Å²) in [6, 6.07) is 7.26. The van der Waals surface area contributed by atoms with Gasteiger partial charge >= 0.3 is 0 Å². The first-order valence-electron chi connectivity index (χ1n) is 6.20. The van der Waals surface area contributed by atoms with Crippen LogP contribution in [0, 0.1) is 0 Å². The molecule has 1 amide bonds. The van der Waals surface area contributed by atoms with Crippen molar-refractivity contribution in [1.29, 1.82) is 0 Å². The van der Waals surface area contributed by atoms with E-state index in [1.54, 1.807) is 23.9 Å². The van der Waals surface area contributed by atoms with Crippen LogP contribution in [0.1, 0.15) is 16.1 Å². The van der Waals surface area contributed by atoms with E-state index in [-0.39, 0.29) is 5.91 Å². The predicted octanol–water partition coefficient (Wildman–Crippen LogP) is 2.16. The molecule has 0 bridgehead atoms. The van der Waals surface area contributed by atoms with Crippen molar-refractivity contribution >= 4 is 21.8 Å². The van der Waals surface area contributed by atoms with Crippen LogP contribution in [-0.4, -0.2) is 29.3 Å². The Morgan fingerprint density at radius 2 is 2.25 bits per heavy atom. The highest BCUT2D eigenvalue weighted by atomic mass is 79.9. The molecule has 0 spiro atoms. The standard InChI is InChI=1S/C14H16BrN3O2/c1-18-8-6-11(17-18)5-7-16-14(19)12-4-3-10(15)9-13(12)20-2/h3-4,6,8-9H,5,7H2,1-2H3,(H,16,19). The van der Waals surface area contributed by atoms with Gasteiger partial charge in [0.05, 0.1) is 18.4 Å². The third-order valence-corrected chi connectivity index (χ3v) is 3.34. The Hall–Kier alpha value is -1.82. The number of aryl methyl sites for hydroxylation is 1. The fourth-order valence-electron chi connectivity index (χ4n) is 1.85. The van der Waals surface area contributed by atoms with Gasteiger partial charge in [0.25, 0.3) is 5.91 Å². The van der Waals surface area contributed by atoms with Crippen LogP contribution >= 0.6 is 15.9 Å². The van der Waals surface area contributed by atoms with Crippen LogP contribution in [0.3, 0.4) is 0 Å². The lowest BCUT2D eigenvalue weighted by Gasteiger charge is -2.09. The number of benzene rings is 1. The van der Waals surface area contributed by atoms with Crippen molar-refractivity contribution in [1.82, 2.24) is 15.1 Å². The number of carbonyl (C=O) groups excluding carboxylic acids is 1. The predicted molar refractivity (Wildman–Crippen MR) is 79.9 cm³/mol. The Kier molecular flexibility index (Phi) is 4.79. The van der Waals surface area contributed by atoms with Gasteiger partial charge in [0.1, 0.15) is 5.75 Å². The number of hydrogen-bond donors (Lipinski definition) is 1. The Balaban J connectivity index is 1.95. The molecule has 2 rings (SSSR count). The van der Waals surface area contributed by atoms with Crippen LogP contribution in [0.4, 0.5) is 0 Å². The third-order valence-electron chi connectivity index (χ3n) is 2.84. The number of nitrogens with zero attached hydrogens (tertiary/aromatic N) is 2. The van der Waals surface area contributed by atoms with Crippen molar-refractivity contribution in [3.63, 3.8) is 0 Å². The summed E-state index contributed by atoms with van der Waals surface area (Å²) in [6.07, 6.45) is 2.58. The van der Waals surface area contributed by atoms with Gasteiger partial charge < -0.3 is 10.1 Å². The second-order valence-corrected chi connectivity index (χ2v) is 5.25. The van der Waals surface area contributed by atoms with E-state index in [0.29, 0.717) is 24.3 Å². The van der Waals surface area contributed by atoms with Gasteiger partial charge in [0.2, 0.25) is 0 Å². The lowest BCUT2D eigenvalue weighted by Crippen LogP contribution is -2.26. The number of methoxy groups -OCH3 is 1. The minimum absolute atomic E-state index is 0.148. The van der Waals surface area contributed by atoms with Crippen molar-refractivity contribution in [2.75, 3.05) is 13.7 Å². The molecule has 106 valence electrons. The highest BCUT2D eigenvalue weighted by Crippen LogP contribution is 2.23. The minimum atomic E-state index is -0.148. The molecule has 0 atom stereocenters. The number of rotatable bonds is 5. The number of carbonyl (C=O) groups is 1. The summed E-state index contributed by atoms with van der Waals surface area (Å²) in [5.74, 6) is 0.403. The number of halogens is 1. The Morgan fingerprint density at radius 3 is 2.90 bits per heavy atom. The van der Waals surface area contributed by atoms with Gasteiger partial charge in [0, 0.05) is 30.7 Å². The molecule has 20 heavy (non-hydrogen) atoms. The molecule has 0 radical (unpaired) electrons. The number of ether oxygens (including phenoxy) is 1. The van der Waals surface area contributed by atoms with Crippen molar-refractivity contribution < 1.29 is 9.53 Å². The third kappa shape index (κ3) is 3.60. The van der Waals surface area contributed by atoms with Crippen LogP contribution < -0.4 is 10.1 Å². The first kappa shape index (κ1) is 14.6. The summed E-state index contributed by atoms with van der Waals surface area (Å²) in [6.45, 7) is 0.537. The first-order chi connectivity index (χ1) is 9.60. The number of aromatic nitrogens is 2. The highest BCUT2D eigenvalue weighted by molar-refractivity contribution is 9.10. The summed E-state index contributed by atoms with van der Waals surface area (Å²) in [5.41, 5.74) is 1.48. The quantitative estimate of drug-likeness (QED) is 0.909. The van der Waals surface area contributed by atoms with Gasteiger partial charge in [-0.2, -0.15) is 5.10 Å². The highest BCUT2D eigenvalue weighted by Gasteiger charge is 2.12. The van der Waals surface area contributed by atoms with Crippen LogP contribution in [0.15, 0.2) is 34.9 Å². The van der Waals surface area contributed by atoms with E-state index in [1.807, 2.05) is 25.4 Å². The fourth-order valence-corrected chi connectivity index (χ4v) is 2.19. The number of nitrogens with one attached hydrogen (secondary N) is 1. The molecule has 0 aliphatic carbocycles. The monoisotopic (exact) mass is 337 g/mol. The van der Waals surface area contributed by atoms with E-state index in [4.69, 9.17) is 4.74 Å². The summed E-state index contributed by atoms with van der Waals surface area (Å²) in [4.78, 5) is 12.1. The average molecular weight is 338 g/mol. The van der Waals surface area contributed by atoms with Crippen LogP contribution in [0.2, 0.25) is 0 Å². The van der Waals surface area contributed by atoms with Gasteiger partial charge in [-0.25, -0.2) is 0 Å². The van der Waals surface area contributed by atoms with E-state index in [9.17, 15) is 4.79 Å². The average Bonchev–Trinajstić information content (AvgIpc) is 2.84. The van der Waals surface area contributed by atoms with Gasteiger partial charge in [0.15, 0.2) is 0 Å². The molecule has 1 N–H and O–H groups in total. The molecule has 1 heterocycles. The van der Waals surface area contributed by atoms with Gasteiger partial charge in [-0.05, 0) is 24.3 Å². The maximum absolute atomic E-state index is 12.1. The zero-order valence-electron chi connectivity index (χ0n) is 11.4. The van der Waals surface area contributed by atoms with E-state index in [0.717, 1.165) is 10.2 Å². The van der Waals surface area contributed by atoms with Crippen LogP contribution in [-0.2, 0) is 13.5 Å². The molecule has 0 saturated carbocycles. The molecule has 0 aliphatic heterocycles. The van der Waals surface area contributed by atoms with Gasteiger partial charge in [-0.15, -0.1) is 0 Å². The van der Waals surface area contributed by atoms with Crippen molar-refractivity contribution in [2.45, 2.75) is 6.42 Å². The molecule has 0 unspecified atom stereocenters. The molecular weight excluding hydrogens is 322 g/mol. The smallest absolute Gasteiger partial charge is 0.255 e. The normalized spacial score (nSPS) is 10.3. The Bertz CT molecular complexity index is 610. The van der Waals surface area contributed by atoms with Crippen molar-refractivity contribution in [3.05, 3.63) is 46.2 Å². The summed E-state index contributed by atoms with van der Waals surface area (Å²) >= 11 is 3.35. The zero-order valence-corrected chi connectivity index (χ0v) is 13.0. The molecule has 2 aromatic rings. The summed E-state index contributed by atoms with van der Waals surface area (Å²) in [7, 11) is 3.42. The largest absolute Gasteiger partial charge is 0.496 e. The molecule has 5 nitrogen and oxygen atoms in total. The van der Waals surface area contributed by atoms with Gasteiger partial charge in [-0.1, -0.05) is 15.9 Å². The molecule has 6 heteroatoms. The second kappa shape index (κ2) is 6.56. The zero-order chi connectivity index (χ0) is 14.5. The minimum Gasteiger partial charge on any atom is -0.496 e.